The van der Waals surface area contributed by atoms with Gasteiger partial charge in [0.1, 0.15) is 11.9 Å². The monoisotopic (exact) mass is 385 g/mol. The number of ether oxygens (including phenoxy) is 1. The fraction of sp³-hybridized carbons (Fsp3) is 0.500. The highest BCUT2D eigenvalue weighted by Gasteiger charge is 2.38. The molecule has 1 aliphatic heterocycles. The highest BCUT2D eigenvalue weighted by Crippen LogP contribution is 2.26. The van der Waals surface area contributed by atoms with E-state index < -0.39 is 12.1 Å². The van der Waals surface area contributed by atoms with E-state index in [9.17, 15) is 13.2 Å². The van der Waals surface area contributed by atoms with Crippen LogP contribution in [0.4, 0.5) is 13.2 Å². The van der Waals surface area contributed by atoms with Crippen LogP contribution < -0.4 is 0 Å². The Morgan fingerprint density at radius 1 is 1.15 bits per heavy atom. The van der Waals surface area contributed by atoms with Gasteiger partial charge < -0.3 is 14.4 Å². The highest BCUT2D eigenvalue weighted by molar-refractivity contribution is 5.73. The molecule has 0 aliphatic carbocycles. The van der Waals surface area contributed by atoms with Gasteiger partial charge in [0, 0.05) is 20.1 Å². The van der Waals surface area contributed by atoms with Gasteiger partial charge in [0.05, 0.1) is 0 Å². The molecule has 0 saturated heterocycles. The van der Waals surface area contributed by atoms with Crippen molar-refractivity contribution in [2.45, 2.75) is 50.9 Å². The Morgan fingerprint density at radius 2 is 1.78 bits per heavy atom. The Bertz CT molecular complexity index is 732. The molecule has 0 radical (unpaired) electrons. The third kappa shape index (κ3) is 5.78. The summed E-state index contributed by atoms with van der Waals surface area (Å²) in [7, 11) is 1.74. The molecule has 1 aromatic carbocycles. The van der Waals surface area contributed by atoms with Gasteiger partial charge in [-0.1, -0.05) is 43.2 Å². The van der Waals surface area contributed by atoms with E-state index in [1.807, 2.05) is 18.2 Å². The highest BCUT2D eigenvalue weighted by atomic mass is 19.4. The quantitative estimate of drug-likeness (QED) is 0.870. The number of alkyl halides is 3. The lowest BCUT2D eigenvalue weighted by Crippen LogP contribution is -2.21. The minimum Gasteiger partial charge on any atom is -0.475 e. The maximum atomic E-state index is 10.6. The van der Waals surface area contributed by atoms with Gasteiger partial charge >= 0.3 is 12.1 Å². The Morgan fingerprint density at radius 3 is 2.37 bits per heavy atom. The molecule has 2 aromatic rings. The second kappa shape index (κ2) is 9.50. The van der Waals surface area contributed by atoms with Crippen LogP contribution >= 0.6 is 0 Å². The molecule has 2 heterocycles. The lowest BCUT2D eigenvalue weighted by molar-refractivity contribution is -0.192. The summed E-state index contributed by atoms with van der Waals surface area (Å²) in [5, 5.41) is 15.9. The molecule has 1 atom stereocenters. The Balaban J connectivity index is 0.000000321. The molecular weight excluding hydrogens is 363 g/mol. The van der Waals surface area contributed by atoms with E-state index in [1.54, 1.807) is 7.11 Å². The number of carbonyl (C=O) groups is 1. The predicted octanol–water partition coefficient (Wildman–Crippen LogP) is 3.76. The summed E-state index contributed by atoms with van der Waals surface area (Å²) >= 11 is 0. The topological polar surface area (TPSA) is 77.2 Å². The maximum Gasteiger partial charge on any atom is 0.490 e. The average molecular weight is 385 g/mol. The first-order valence-corrected chi connectivity index (χ1v) is 8.64. The third-order valence-electron chi connectivity index (χ3n) is 4.20. The molecule has 1 N–H and O–H groups in total. The van der Waals surface area contributed by atoms with Crippen molar-refractivity contribution in [3.8, 4) is 0 Å². The largest absolute Gasteiger partial charge is 0.490 e. The van der Waals surface area contributed by atoms with Crippen molar-refractivity contribution in [1.82, 2.24) is 14.8 Å². The summed E-state index contributed by atoms with van der Waals surface area (Å²) in [4.78, 5) is 8.90. The van der Waals surface area contributed by atoms with Crippen LogP contribution in [0, 0.1) is 0 Å². The van der Waals surface area contributed by atoms with Crippen LogP contribution in [0.5, 0.6) is 0 Å². The molecule has 1 unspecified atom stereocenters. The molecule has 0 spiro atoms. The summed E-state index contributed by atoms with van der Waals surface area (Å²) in [5.74, 6) is -0.708. The first-order chi connectivity index (χ1) is 12.8. The van der Waals surface area contributed by atoms with Gasteiger partial charge in [-0.15, -0.1) is 10.2 Å². The summed E-state index contributed by atoms with van der Waals surface area (Å²) < 4.78 is 39.7. The second-order valence-corrected chi connectivity index (χ2v) is 6.12. The number of aliphatic carboxylic acids is 1. The van der Waals surface area contributed by atoms with Crippen molar-refractivity contribution in [2.24, 2.45) is 0 Å². The van der Waals surface area contributed by atoms with Crippen molar-refractivity contribution >= 4 is 5.97 Å². The van der Waals surface area contributed by atoms with Crippen molar-refractivity contribution in [3.05, 3.63) is 47.5 Å². The van der Waals surface area contributed by atoms with Crippen molar-refractivity contribution in [1.29, 1.82) is 0 Å². The number of fused-ring (bicyclic) bond motifs is 1. The minimum absolute atomic E-state index is 0.128. The molecule has 27 heavy (non-hydrogen) atoms. The molecule has 0 bridgehead atoms. The van der Waals surface area contributed by atoms with Crippen LogP contribution in [0.3, 0.4) is 0 Å². The van der Waals surface area contributed by atoms with Gasteiger partial charge in [0.25, 0.3) is 0 Å². The lowest BCUT2D eigenvalue weighted by Gasteiger charge is -2.19. The van der Waals surface area contributed by atoms with E-state index in [-0.39, 0.29) is 6.10 Å². The van der Waals surface area contributed by atoms with Crippen LogP contribution in [0.15, 0.2) is 30.3 Å². The average Bonchev–Trinajstić information content (AvgIpc) is 2.98. The Labute approximate surface area is 155 Å². The molecule has 1 aliphatic rings. The number of hydrogen-bond acceptors (Lipinski definition) is 4. The van der Waals surface area contributed by atoms with Gasteiger partial charge in [-0.05, 0) is 18.4 Å². The van der Waals surface area contributed by atoms with E-state index >= 15 is 0 Å². The van der Waals surface area contributed by atoms with E-state index in [4.69, 9.17) is 14.6 Å². The number of benzene rings is 1. The number of hydrogen-bond donors (Lipinski definition) is 1. The first-order valence-electron chi connectivity index (χ1n) is 8.64. The molecule has 148 valence electrons. The number of nitrogens with zero attached hydrogens (tertiary/aromatic N) is 3. The second-order valence-electron chi connectivity index (χ2n) is 6.12. The summed E-state index contributed by atoms with van der Waals surface area (Å²) in [6.45, 7) is 1.00. The molecular formula is C18H22F3N3O3. The summed E-state index contributed by atoms with van der Waals surface area (Å²) in [6.07, 6.45) is 0.814. The maximum absolute atomic E-state index is 10.6. The standard InChI is InChI=1S/C16H21N3O.C2HF3O2/c1-20-15(13-9-5-4-6-10-13)16-18-17-14-11-7-2-3-8-12-19(14)16;3-2(4,5)1(6)7/h4-6,9-10,15H,2-3,7-8,11-12H2,1H3;(H,6,7). The predicted molar refractivity (Wildman–Crippen MR) is 91.2 cm³/mol. The number of methoxy groups -OCH3 is 1. The van der Waals surface area contributed by atoms with Crippen LogP contribution in [0.25, 0.3) is 0 Å². The fourth-order valence-corrected chi connectivity index (χ4v) is 2.90. The minimum atomic E-state index is -5.08. The number of rotatable bonds is 3. The van der Waals surface area contributed by atoms with Gasteiger partial charge in [-0.25, -0.2) is 4.79 Å². The Hall–Kier alpha value is -2.42. The van der Waals surface area contributed by atoms with Crippen LogP contribution in [-0.2, 0) is 22.5 Å². The normalized spacial score (nSPS) is 15.6. The molecule has 6 nitrogen and oxygen atoms in total. The molecule has 0 saturated carbocycles. The van der Waals surface area contributed by atoms with Crippen LogP contribution in [0.2, 0.25) is 0 Å². The van der Waals surface area contributed by atoms with Crippen LogP contribution in [-0.4, -0.2) is 39.1 Å². The van der Waals surface area contributed by atoms with Crippen molar-refractivity contribution in [3.63, 3.8) is 0 Å². The number of carboxylic acid groups (broad SMARTS) is 1. The van der Waals surface area contributed by atoms with Crippen molar-refractivity contribution < 1.29 is 27.8 Å². The number of carboxylic acids is 1. The van der Waals surface area contributed by atoms with Gasteiger partial charge in [-0.3, -0.25) is 0 Å². The fourth-order valence-electron chi connectivity index (χ4n) is 2.90. The molecule has 9 heteroatoms. The molecule has 0 amide bonds. The third-order valence-corrected chi connectivity index (χ3v) is 4.20. The van der Waals surface area contributed by atoms with Gasteiger partial charge in [0.2, 0.25) is 0 Å². The van der Waals surface area contributed by atoms with Crippen molar-refractivity contribution in [2.75, 3.05) is 7.11 Å². The lowest BCUT2D eigenvalue weighted by atomic mass is 10.1. The zero-order valence-corrected chi connectivity index (χ0v) is 14.9. The number of aryl methyl sites for hydroxylation is 1. The summed E-state index contributed by atoms with van der Waals surface area (Å²) in [6, 6.07) is 10.3. The molecule has 3 rings (SSSR count). The molecule has 1 aromatic heterocycles. The van der Waals surface area contributed by atoms with E-state index in [2.05, 4.69) is 26.9 Å². The van der Waals surface area contributed by atoms with Gasteiger partial charge in [0.15, 0.2) is 5.82 Å². The first kappa shape index (κ1) is 20.9. The van der Waals surface area contributed by atoms with E-state index in [0.29, 0.717) is 0 Å². The summed E-state index contributed by atoms with van der Waals surface area (Å²) in [5.41, 5.74) is 1.13. The number of aromatic nitrogens is 3. The molecule has 0 fully saturated rings. The Kier molecular flexibility index (Phi) is 7.35. The zero-order chi connectivity index (χ0) is 19.9. The van der Waals surface area contributed by atoms with E-state index in [1.165, 1.54) is 25.7 Å². The van der Waals surface area contributed by atoms with Gasteiger partial charge in [-0.2, -0.15) is 13.2 Å². The van der Waals surface area contributed by atoms with Crippen LogP contribution in [0.1, 0.15) is 49.0 Å². The SMILES string of the molecule is COC(c1ccccc1)c1nnc2n1CCCCCC2.O=C(O)C(F)(F)F. The number of halogens is 3. The zero-order valence-electron chi connectivity index (χ0n) is 14.9. The van der Waals surface area contributed by atoms with E-state index in [0.717, 1.165) is 30.2 Å². The smallest absolute Gasteiger partial charge is 0.475 e.